The third-order valence-electron chi connectivity index (χ3n) is 4.67. The molecule has 0 aliphatic carbocycles. The Balaban J connectivity index is 1.32. The zero-order chi connectivity index (χ0) is 20.1. The molecular formula is C27H18F2. The number of fused-ring (bicyclic) bond motifs is 2. The molecule has 140 valence electrons. The molecular weight excluding hydrogens is 362 g/mol. The van der Waals surface area contributed by atoms with Crippen molar-refractivity contribution in [2.75, 3.05) is 0 Å². The van der Waals surface area contributed by atoms with Gasteiger partial charge in [-0.1, -0.05) is 47.9 Å². The number of hydrogen-bond acceptors (Lipinski definition) is 0. The molecule has 0 aliphatic rings. The fourth-order valence-electron chi connectivity index (χ4n) is 3.18. The van der Waals surface area contributed by atoms with Gasteiger partial charge in [0.15, 0.2) is 0 Å². The minimum absolute atomic E-state index is 0.227. The fraction of sp³-hybridized carbons (Fsp3) is 0.111. The highest BCUT2D eigenvalue weighted by Crippen LogP contribution is 2.18. The molecule has 0 aliphatic heterocycles. The molecule has 0 aromatic heterocycles. The Morgan fingerprint density at radius 3 is 1.41 bits per heavy atom. The van der Waals surface area contributed by atoms with Gasteiger partial charge in [0.1, 0.15) is 11.6 Å². The lowest BCUT2D eigenvalue weighted by atomic mass is 10.1. The summed E-state index contributed by atoms with van der Waals surface area (Å²) in [5.74, 6) is 12.2. The van der Waals surface area contributed by atoms with Crippen LogP contribution < -0.4 is 0 Å². The van der Waals surface area contributed by atoms with Crippen molar-refractivity contribution in [3.8, 4) is 23.7 Å². The minimum Gasteiger partial charge on any atom is -0.207 e. The SMILES string of the molecule is Fc1ccc2cc(C#CCCCC#Cc3ccc4cc(F)ccc4c3)ccc2c1. The zero-order valence-corrected chi connectivity index (χ0v) is 15.8. The molecule has 4 aromatic carbocycles. The molecule has 0 amide bonds. The summed E-state index contributed by atoms with van der Waals surface area (Å²) in [7, 11) is 0. The molecule has 0 spiro atoms. The van der Waals surface area contributed by atoms with Gasteiger partial charge in [-0.25, -0.2) is 8.78 Å². The Kier molecular flexibility index (Phi) is 5.55. The number of benzene rings is 4. The maximum Gasteiger partial charge on any atom is 0.123 e. The Bertz CT molecular complexity index is 1210. The highest BCUT2D eigenvalue weighted by atomic mass is 19.1. The Morgan fingerprint density at radius 2 is 0.931 bits per heavy atom. The highest BCUT2D eigenvalue weighted by Gasteiger charge is 1.97. The maximum absolute atomic E-state index is 13.2. The van der Waals surface area contributed by atoms with Gasteiger partial charge in [-0.2, -0.15) is 0 Å². The van der Waals surface area contributed by atoms with E-state index in [9.17, 15) is 8.78 Å². The van der Waals surface area contributed by atoms with Crippen LogP contribution in [0.2, 0.25) is 0 Å². The highest BCUT2D eigenvalue weighted by molar-refractivity contribution is 5.84. The largest absolute Gasteiger partial charge is 0.207 e. The molecule has 0 fully saturated rings. The first-order valence-corrected chi connectivity index (χ1v) is 9.54. The molecule has 0 radical (unpaired) electrons. The molecule has 4 rings (SSSR count). The minimum atomic E-state index is -0.227. The smallest absolute Gasteiger partial charge is 0.123 e. The second-order valence-electron chi connectivity index (χ2n) is 6.87. The maximum atomic E-state index is 13.2. The second kappa shape index (κ2) is 8.59. The van der Waals surface area contributed by atoms with Gasteiger partial charge in [0, 0.05) is 24.0 Å². The summed E-state index contributed by atoms with van der Waals surface area (Å²) < 4.78 is 26.5. The fourth-order valence-corrected chi connectivity index (χ4v) is 3.18. The van der Waals surface area contributed by atoms with Crippen molar-refractivity contribution in [2.24, 2.45) is 0 Å². The molecule has 2 heteroatoms. The summed E-state index contributed by atoms with van der Waals surface area (Å²) in [6.07, 6.45) is 2.44. The third kappa shape index (κ3) is 4.81. The van der Waals surface area contributed by atoms with E-state index >= 15 is 0 Å². The van der Waals surface area contributed by atoms with Crippen LogP contribution in [0.25, 0.3) is 21.5 Å². The van der Waals surface area contributed by atoms with Crippen LogP contribution in [0.5, 0.6) is 0 Å². The van der Waals surface area contributed by atoms with E-state index in [1.54, 1.807) is 12.1 Å². The van der Waals surface area contributed by atoms with Crippen molar-refractivity contribution in [3.05, 3.63) is 95.6 Å². The predicted octanol–water partition coefficient (Wildman–Crippen LogP) is 6.84. The van der Waals surface area contributed by atoms with Crippen LogP contribution in [0.15, 0.2) is 72.8 Å². The molecule has 0 bridgehead atoms. The molecule has 0 nitrogen and oxygen atoms in total. The molecule has 0 N–H and O–H groups in total. The van der Waals surface area contributed by atoms with Crippen LogP contribution in [-0.2, 0) is 0 Å². The van der Waals surface area contributed by atoms with Gasteiger partial charge in [0.2, 0.25) is 0 Å². The Morgan fingerprint density at radius 1 is 0.517 bits per heavy atom. The molecule has 0 atom stereocenters. The van der Waals surface area contributed by atoms with Crippen molar-refractivity contribution >= 4 is 21.5 Å². The summed E-state index contributed by atoms with van der Waals surface area (Å²) in [4.78, 5) is 0. The van der Waals surface area contributed by atoms with Crippen molar-refractivity contribution in [1.29, 1.82) is 0 Å². The quantitative estimate of drug-likeness (QED) is 0.264. The average Bonchev–Trinajstić information content (AvgIpc) is 2.73. The van der Waals surface area contributed by atoms with Crippen molar-refractivity contribution in [2.45, 2.75) is 19.3 Å². The summed E-state index contributed by atoms with van der Waals surface area (Å²) in [5.41, 5.74) is 1.87. The van der Waals surface area contributed by atoms with Gasteiger partial charge >= 0.3 is 0 Å². The van der Waals surface area contributed by atoms with E-state index in [-0.39, 0.29) is 11.6 Å². The molecule has 4 aromatic rings. The number of rotatable bonds is 2. The van der Waals surface area contributed by atoms with Crippen LogP contribution in [0, 0.1) is 35.3 Å². The second-order valence-corrected chi connectivity index (χ2v) is 6.87. The molecule has 0 unspecified atom stereocenters. The van der Waals surface area contributed by atoms with Gasteiger partial charge in [0.05, 0.1) is 0 Å². The van der Waals surface area contributed by atoms with Crippen LogP contribution in [-0.4, -0.2) is 0 Å². The first-order chi connectivity index (χ1) is 14.2. The molecule has 29 heavy (non-hydrogen) atoms. The van der Waals surface area contributed by atoms with Crippen molar-refractivity contribution < 1.29 is 8.78 Å². The predicted molar refractivity (Wildman–Crippen MR) is 115 cm³/mol. The third-order valence-corrected chi connectivity index (χ3v) is 4.67. The van der Waals surface area contributed by atoms with Gasteiger partial charge in [-0.05, 0) is 76.5 Å². The number of unbranched alkanes of at least 4 members (excludes halogenated alkanes) is 2. The van der Waals surface area contributed by atoms with E-state index in [4.69, 9.17) is 0 Å². The molecule has 0 saturated carbocycles. The summed E-state index contributed by atoms with van der Waals surface area (Å²) >= 11 is 0. The standard InChI is InChI=1S/C27H18F2/c28-26-14-12-22-16-20(8-10-24(22)18-26)6-4-2-1-3-5-7-21-9-11-25-19-27(29)15-13-23(25)17-21/h8-19H,1-3H2. The average molecular weight is 380 g/mol. The Hall–Kier alpha value is -3.62. The van der Waals surface area contributed by atoms with Crippen LogP contribution in [0.3, 0.4) is 0 Å². The van der Waals surface area contributed by atoms with Crippen molar-refractivity contribution in [3.63, 3.8) is 0 Å². The van der Waals surface area contributed by atoms with Gasteiger partial charge in [0.25, 0.3) is 0 Å². The molecule has 0 heterocycles. The van der Waals surface area contributed by atoms with E-state index in [2.05, 4.69) is 23.7 Å². The van der Waals surface area contributed by atoms with Crippen LogP contribution in [0.4, 0.5) is 8.78 Å². The number of hydrogen-bond donors (Lipinski definition) is 0. The van der Waals surface area contributed by atoms with Gasteiger partial charge in [-0.3, -0.25) is 0 Å². The normalized spacial score (nSPS) is 10.3. The summed E-state index contributed by atoms with van der Waals surface area (Å²) in [6.45, 7) is 0. The van der Waals surface area contributed by atoms with E-state index in [1.807, 2.05) is 36.4 Å². The first-order valence-electron chi connectivity index (χ1n) is 9.54. The monoisotopic (exact) mass is 380 g/mol. The topological polar surface area (TPSA) is 0 Å². The lowest BCUT2D eigenvalue weighted by molar-refractivity contribution is 0.629. The number of halogens is 2. The zero-order valence-electron chi connectivity index (χ0n) is 15.8. The van der Waals surface area contributed by atoms with Crippen LogP contribution in [0.1, 0.15) is 30.4 Å². The van der Waals surface area contributed by atoms with E-state index < -0.39 is 0 Å². The summed E-state index contributed by atoms with van der Waals surface area (Å²) in [6, 6.07) is 21.1. The molecule has 0 saturated heterocycles. The van der Waals surface area contributed by atoms with Gasteiger partial charge in [-0.15, -0.1) is 0 Å². The Labute approximate surface area is 169 Å². The summed E-state index contributed by atoms with van der Waals surface area (Å²) in [5, 5.41) is 3.73. The lowest BCUT2D eigenvalue weighted by Gasteiger charge is -1.98. The van der Waals surface area contributed by atoms with E-state index in [0.29, 0.717) is 0 Å². The van der Waals surface area contributed by atoms with Gasteiger partial charge < -0.3 is 0 Å². The van der Waals surface area contributed by atoms with Crippen LogP contribution >= 0.6 is 0 Å². The van der Waals surface area contributed by atoms with Crippen molar-refractivity contribution in [1.82, 2.24) is 0 Å². The van der Waals surface area contributed by atoms with E-state index in [0.717, 1.165) is 51.9 Å². The van der Waals surface area contributed by atoms with E-state index in [1.165, 1.54) is 24.3 Å². The lowest BCUT2D eigenvalue weighted by Crippen LogP contribution is -1.80. The first kappa shape index (κ1) is 18.7.